The Labute approximate surface area is 505 Å². The fourth-order valence-electron chi connectivity index (χ4n) is 12.2. The van der Waals surface area contributed by atoms with Gasteiger partial charge in [-0.05, 0) is 95.2 Å². The standard InChI is InChI=1S/C64H101N7O14/c1-13-43(6)61(53(82-11)39-57(78)69-33-22-26-49(69)62(83-12)44(7)50(72)37-47(36-46-24-16-14-17-25-46)63(80)71-34-20-21-35-84-71)68(10)64(81)48(41(2)3)38-51(73)60(42(4)5)67(9)31-23-28-58(79)85-45(8)59(65)52(74)40-66-54(75)27-18-15-19-32-70-55(76)29-30-56(70)77/h14,16-17,24-25,29-30,41-45,47-49,53,59-62H,13,15,18-23,26-28,31-40,65H2,1-12H3,(H,66,75)/t43-,44-,45+,47+,48-,49-,53+,59-,60-,61-,62+/m0/s1. The van der Waals surface area contributed by atoms with E-state index >= 15 is 0 Å². The van der Waals surface area contributed by atoms with Gasteiger partial charge >= 0.3 is 5.97 Å². The number of imide groups is 1. The molecule has 0 aromatic heterocycles. The van der Waals surface area contributed by atoms with Crippen LogP contribution in [-0.2, 0) is 73.4 Å². The van der Waals surface area contributed by atoms with Crippen molar-refractivity contribution in [3.63, 3.8) is 0 Å². The number of nitrogens with zero attached hydrogens (tertiary/aromatic N) is 5. The molecule has 0 unspecified atom stereocenters. The fourth-order valence-corrected chi connectivity index (χ4v) is 12.2. The zero-order valence-corrected chi connectivity index (χ0v) is 52.9. The highest BCUT2D eigenvalue weighted by Gasteiger charge is 2.44. The first-order chi connectivity index (χ1) is 40.4. The summed E-state index contributed by atoms with van der Waals surface area (Å²) >= 11 is 0. The van der Waals surface area contributed by atoms with Gasteiger partial charge in [-0.3, -0.25) is 62.6 Å². The van der Waals surface area contributed by atoms with Crippen LogP contribution in [0.25, 0.3) is 0 Å². The Kier molecular flexibility index (Phi) is 30.2. The summed E-state index contributed by atoms with van der Waals surface area (Å²) in [4.78, 5) is 146. The molecule has 11 atom stereocenters. The first-order valence-electron chi connectivity index (χ1n) is 31.0. The number of Topliss-reactive ketones (excluding diaryl/α,β-unsaturated/α-hetero) is 3. The second kappa shape index (κ2) is 35.8. The number of ether oxygens (including phenoxy) is 3. The Morgan fingerprint density at radius 3 is 2.06 bits per heavy atom. The molecule has 6 amide bonds. The van der Waals surface area contributed by atoms with Gasteiger partial charge in [0.15, 0.2) is 11.6 Å². The Morgan fingerprint density at radius 1 is 0.776 bits per heavy atom. The number of likely N-dealkylation sites (tertiary alicyclic amines) is 1. The molecule has 2 saturated heterocycles. The summed E-state index contributed by atoms with van der Waals surface area (Å²) in [7, 11) is 6.63. The molecule has 3 N–H and O–H groups in total. The van der Waals surface area contributed by atoms with Crippen LogP contribution in [0, 0.1) is 35.5 Å². The van der Waals surface area contributed by atoms with Crippen molar-refractivity contribution in [1.82, 2.24) is 30.0 Å². The number of carbonyl (C=O) groups is 10. The number of nitrogens with two attached hydrogens (primary N) is 1. The number of amides is 6. The van der Waals surface area contributed by atoms with Crippen molar-refractivity contribution >= 4 is 58.8 Å². The van der Waals surface area contributed by atoms with E-state index in [1.807, 2.05) is 90.7 Å². The summed E-state index contributed by atoms with van der Waals surface area (Å²) in [6.45, 7) is 16.7. The second-order valence-electron chi connectivity index (χ2n) is 24.4. The fraction of sp³-hybridized carbons (Fsp3) is 0.719. The maximum absolute atomic E-state index is 14.8. The zero-order chi connectivity index (χ0) is 63.1. The minimum atomic E-state index is -1.18. The lowest BCUT2D eigenvalue weighted by Crippen LogP contribution is -2.54. The summed E-state index contributed by atoms with van der Waals surface area (Å²) in [5, 5.41) is 3.96. The number of methoxy groups -OCH3 is 2. The van der Waals surface area contributed by atoms with Crippen molar-refractivity contribution in [1.29, 1.82) is 0 Å². The van der Waals surface area contributed by atoms with Crippen molar-refractivity contribution in [3.05, 3.63) is 48.0 Å². The molecule has 21 nitrogen and oxygen atoms in total. The number of unbranched alkanes of at least 4 members (excludes halogenated alkanes) is 2. The van der Waals surface area contributed by atoms with E-state index in [1.54, 1.807) is 31.1 Å². The largest absolute Gasteiger partial charge is 0.461 e. The molecule has 0 aliphatic carbocycles. The number of likely N-dealkylation sites (N-methyl/N-ethyl adjacent to an activating group) is 2. The Bertz CT molecular complexity index is 2400. The third-order valence-corrected chi connectivity index (χ3v) is 17.4. The van der Waals surface area contributed by atoms with E-state index in [2.05, 4.69) is 5.32 Å². The maximum Gasteiger partial charge on any atom is 0.306 e. The molecule has 3 aliphatic rings. The summed E-state index contributed by atoms with van der Waals surface area (Å²) in [5.41, 5.74) is 7.07. The van der Waals surface area contributed by atoms with Gasteiger partial charge in [-0.15, -0.1) is 0 Å². The molecule has 3 heterocycles. The van der Waals surface area contributed by atoms with Gasteiger partial charge in [0.2, 0.25) is 23.6 Å². The molecule has 21 heteroatoms. The van der Waals surface area contributed by atoms with Crippen molar-refractivity contribution in [3.8, 4) is 0 Å². The lowest BCUT2D eigenvalue weighted by atomic mass is 9.83. The van der Waals surface area contributed by atoms with E-state index in [0.717, 1.165) is 23.3 Å². The smallest absolute Gasteiger partial charge is 0.306 e. The molecule has 0 bridgehead atoms. The number of hydroxylamine groups is 2. The molecule has 2 fully saturated rings. The first-order valence-corrected chi connectivity index (χ1v) is 31.0. The molecule has 85 heavy (non-hydrogen) atoms. The van der Waals surface area contributed by atoms with Gasteiger partial charge < -0.3 is 35.1 Å². The minimum Gasteiger partial charge on any atom is -0.461 e. The molecular weight excluding hydrogens is 1090 g/mol. The normalized spacial score (nSPS) is 19.1. The highest BCUT2D eigenvalue weighted by atomic mass is 16.7. The van der Waals surface area contributed by atoms with Crippen molar-refractivity contribution in [2.75, 3.05) is 67.6 Å². The van der Waals surface area contributed by atoms with Gasteiger partial charge in [-0.1, -0.05) is 91.6 Å². The zero-order valence-electron chi connectivity index (χ0n) is 52.9. The number of benzene rings is 1. The molecule has 0 spiro atoms. The summed E-state index contributed by atoms with van der Waals surface area (Å²) in [6.07, 6.45) is 6.20. The van der Waals surface area contributed by atoms with Gasteiger partial charge in [0, 0.05) is 90.6 Å². The Morgan fingerprint density at radius 2 is 1.46 bits per heavy atom. The number of nitrogens with one attached hydrogen (secondary N) is 1. The van der Waals surface area contributed by atoms with Gasteiger partial charge in [0.1, 0.15) is 17.9 Å². The van der Waals surface area contributed by atoms with Gasteiger partial charge in [0.25, 0.3) is 11.8 Å². The van der Waals surface area contributed by atoms with E-state index in [4.69, 9.17) is 24.8 Å². The number of hydrogen-bond acceptors (Lipinski definition) is 16. The Hall–Kier alpha value is -5.74. The van der Waals surface area contributed by atoms with Crippen molar-refractivity contribution < 1.29 is 67.0 Å². The maximum atomic E-state index is 14.8. The van der Waals surface area contributed by atoms with Crippen LogP contribution < -0.4 is 11.1 Å². The van der Waals surface area contributed by atoms with Gasteiger partial charge in [0.05, 0.1) is 55.8 Å². The van der Waals surface area contributed by atoms with Gasteiger partial charge in [-0.2, -0.15) is 0 Å². The predicted molar refractivity (Wildman–Crippen MR) is 321 cm³/mol. The van der Waals surface area contributed by atoms with Crippen LogP contribution in [-0.4, -0.2) is 194 Å². The molecule has 476 valence electrons. The lowest BCUT2D eigenvalue weighted by Gasteiger charge is -2.41. The highest BCUT2D eigenvalue weighted by Crippen LogP contribution is 2.33. The van der Waals surface area contributed by atoms with E-state index in [-0.39, 0.29) is 110 Å². The van der Waals surface area contributed by atoms with Crippen LogP contribution in [0.3, 0.4) is 0 Å². The van der Waals surface area contributed by atoms with E-state index in [1.165, 1.54) is 24.1 Å². The number of hydrogen-bond donors (Lipinski definition) is 2. The van der Waals surface area contributed by atoms with Crippen LogP contribution >= 0.6 is 0 Å². The second-order valence-corrected chi connectivity index (χ2v) is 24.4. The monoisotopic (exact) mass is 1190 g/mol. The third kappa shape index (κ3) is 21.3. The number of carbonyl (C=O) groups excluding carboxylic acids is 10. The Balaban J connectivity index is 1.32. The highest BCUT2D eigenvalue weighted by molar-refractivity contribution is 6.12. The molecule has 1 aromatic rings. The molecule has 4 rings (SSSR count). The average molecular weight is 1190 g/mol. The summed E-state index contributed by atoms with van der Waals surface area (Å²) < 4.78 is 17.8. The van der Waals surface area contributed by atoms with Crippen LogP contribution in [0.2, 0.25) is 0 Å². The third-order valence-electron chi connectivity index (χ3n) is 17.4. The molecule has 0 radical (unpaired) electrons. The quantitative estimate of drug-likeness (QED) is 0.0459. The summed E-state index contributed by atoms with van der Waals surface area (Å²) in [6, 6.07) is 6.92. The van der Waals surface area contributed by atoms with Crippen molar-refractivity contribution in [2.24, 2.45) is 41.2 Å². The number of ketones is 3. The van der Waals surface area contributed by atoms with E-state index in [9.17, 15) is 47.9 Å². The van der Waals surface area contributed by atoms with Crippen LogP contribution in [0.5, 0.6) is 0 Å². The first kappa shape index (κ1) is 71.7. The van der Waals surface area contributed by atoms with Crippen LogP contribution in [0.4, 0.5) is 0 Å². The minimum absolute atomic E-state index is 0.00915. The lowest BCUT2D eigenvalue weighted by molar-refractivity contribution is -0.201. The average Bonchev–Trinajstić information content (AvgIpc) is 3.65. The van der Waals surface area contributed by atoms with Gasteiger partial charge in [-0.25, -0.2) is 5.06 Å². The SMILES string of the molecule is CC[C@H](C)[C@@H]([C@@H](CC(=O)N1CCC[C@H]1[C@H](OC)[C@@H](C)C(=O)C[C@@H](Cc1ccccc1)C(=O)N1CCCCO1)OC)N(C)C(=O)[C@@H](CC(=O)[C@H](C(C)C)N(C)CCCC(=O)O[C@H](C)[C@H](N)C(=O)CNC(=O)CCCCCN1C(=O)C=CC1=O)C(C)C. The van der Waals surface area contributed by atoms with Crippen molar-refractivity contribution in [2.45, 2.75) is 194 Å². The molecule has 3 aliphatic heterocycles. The van der Waals surface area contributed by atoms with E-state index in [0.29, 0.717) is 77.6 Å². The molecular formula is C64H101N7O14. The topological polar surface area (TPSA) is 262 Å². The predicted octanol–water partition coefficient (Wildman–Crippen LogP) is 5.68. The van der Waals surface area contributed by atoms with Crippen LogP contribution in [0.1, 0.15) is 151 Å². The number of rotatable bonds is 38. The molecule has 0 saturated carbocycles. The molecule has 1 aromatic carbocycles. The van der Waals surface area contributed by atoms with Crippen LogP contribution in [0.15, 0.2) is 42.5 Å². The summed E-state index contributed by atoms with van der Waals surface area (Å²) in [5.74, 6) is -5.47. The number of esters is 1. The van der Waals surface area contributed by atoms with E-state index < -0.39 is 72.0 Å².